The van der Waals surface area contributed by atoms with Crippen LogP contribution < -0.4 is 5.32 Å². The molecule has 1 aliphatic heterocycles. The Morgan fingerprint density at radius 1 is 1.21 bits per heavy atom. The summed E-state index contributed by atoms with van der Waals surface area (Å²) < 4.78 is 0. The third-order valence-electron chi connectivity index (χ3n) is 6.59. The van der Waals surface area contributed by atoms with Crippen LogP contribution in [0.4, 0.5) is 0 Å². The zero-order valence-electron chi connectivity index (χ0n) is 14.4. The van der Waals surface area contributed by atoms with E-state index in [4.69, 9.17) is 0 Å². The van der Waals surface area contributed by atoms with Gasteiger partial charge in [-0.2, -0.15) is 0 Å². The number of rotatable bonds is 5. The standard InChI is InChI=1S/C20H28N2O2/c1-22(13-18-16-11-21-12-17(16)18)19(23)20(24,15-9-5-6-10-15)14-7-3-2-4-8-14/h2-4,7-8,15-18,21,24H,5-6,9-13H2,1H3. The molecule has 1 aromatic carbocycles. The summed E-state index contributed by atoms with van der Waals surface area (Å²) in [4.78, 5) is 15.1. The average Bonchev–Trinajstić information content (AvgIpc) is 3.07. The van der Waals surface area contributed by atoms with Crippen molar-refractivity contribution in [3.8, 4) is 0 Å². The predicted octanol–water partition coefficient (Wildman–Crippen LogP) is 1.99. The van der Waals surface area contributed by atoms with Crippen LogP contribution in [0.5, 0.6) is 0 Å². The molecule has 4 rings (SSSR count). The first-order chi connectivity index (χ1) is 11.6. The highest BCUT2D eigenvalue weighted by Gasteiger charge is 2.54. The van der Waals surface area contributed by atoms with Crippen molar-refractivity contribution in [2.24, 2.45) is 23.7 Å². The quantitative estimate of drug-likeness (QED) is 0.869. The van der Waals surface area contributed by atoms with E-state index in [1.807, 2.05) is 37.4 Å². The Balaban J connectivity index is 1.54. The van der Waals surface area contributed by atoms with E-state index in [1.165, 1.54) is 0 Å². The summed E-state index contributed by atoms with van der Waals surface area (Å²) in [5, 5.41) is 15.0. The van der Waals surface area contributed by atoms with Crippen molar-refractivity contribution < 1.29 is 9.90 Å². The van der Waals surface area contributed by atoms with Crippen molar-refractivity contribution in [3.63, 3.8) is 0 Å². The molecule has 3 unspecified atom stereocenters. The second kappa shape index (κ2) is 6.16. The Kier molecular flexibility index (Phi) is 4.13. The summed E-state index contributed by atoms with van der Waals surface area (Å²) in [6.07, 6.45) is 4.08. The van der Waals surface area contributed by atoms with Gasteiger partial charge >= 0.3 is 0 Å². The maximum Gasteiger partial charge on any atom is 0.259 e. The van der Waals surface area contributed by atoms with Crippen LogP contribution in [0.25, 0.3) is 0 Å². The number of benzene rings is 1. The Bertz CT molecular complexity index is 589. The van der Waals surface area contributed by atoms with Gasteiger partial charge in [0.25, 0.3) is 5.91 Å². The second-order valence-electron chi connectivity index (χ2n) is 7.95. The smallest absolute Gasteiger partial charge is 0.259 e. The molecule has 4 nitrogen and oxygen atoms in total. The van der Waals surface area contributed by atoms with Gasteiger partial charge in [0.15, 0.2) is 5.60 Å². The van der Waals surface area contributed by atoms with Crippen molar-refractivity contribution in [2.45, 2.75) is 31.3 Å². The molecule has 0 aromatic heterocycles. The van der Waals surface area contributed by atoms with Gasteiger partial charge in [0.1, 0.15) is 0 Å². The Morgan fingerprint density at radius 2 is 1.83 bits per heavy atom. The van der Waals surface area contributed by atoms with Gasteiger partial charge in [0.2, 0.25) is 0 Å². The van der Waals surface area contributed by atoms with Gasteiger partial charge in [-0.3, -0.25) is 4.79 Å². The van der Waals surface area contributed by atoms with Gasteiger partial charge in [0.05, 0.1) is 0 Å². The number of hydrogen-bond donors (Lipinski definition) is 2. The normalized spacial score (nSPS) is 31.5. The maximum absolute atomic E-state index is 13.3. The maximum atomic E-state index is 13.3. The van der Waals surface area contributed by atoms with Gasteiger partial charge in [-0.05, 0) is 49.2 Å². The minimum absolute atomic E-state index is 0.0372. The third kappa shape index (κ3) is 2.56. The van der Waals surface area contributed by atoms with E-state index in [2.05, 4.69) is 5.32 Å². The molecule has 1 aromatic rings. The molecule has 0 spiro atoms. The molecule has 2 N–H and O–H groups in total. The number of carbonyl (C=O) groups is 1. The molecular formula is C20H28N2O2. The fraction of sp³-hybridized carbons (Fsp3) is 0.650. The fourth-order valence-electron chi connectivity index (χ4n) is 5.08. The van der Waals surface area contributed by atoms with Crippen LogP contribution in [0, 0.1) is 23.7 Å². The van der Waals surface area contributed by atoms with Crippen molar-refractivity contribution in [1.82, 2.24) is 10.2 Å². The first kappa shape index (κ1) is 16.1. The van der Waals surface area contributed by atoms with E-state index in [0.29, 0.717) is 5.92 Å². The van der Waals surface area contributed by atoms with Crippen LogP contribution in [0.2, 0.25) is 0 Å². The molecule has 2 aliphatic carbocycles. The van der Waals surface area contributed by atoms with Gasteiger partial charge in [-0.1, -0.05) is 43.2 Å². The zero-order chi connectivity index (χ0) is 16.7. The van der Waals surface area contributed by atoms with Gasteiger partial charge in [0, 0.05) is 19.5 Å². The zero-order valence-corrected chi connectivity index (χ0v) is 14.4. The molecule has 2 saturated carbocycles. The lowest BCUT2D eigenvalue weighted by atomic mass is 9.79. The molecule has 130 valence electrons. The SMILES string of the molecule is CN(CC1C2CNCC21)C(=O)C(O)(c1ccccc1)C1CCCC1. The number of carbonyl (C=O) groups excluding carboxylic acids is 1. The largest absolute Gasteiger partial charge is 0.375 e. The van der Waals surface area contributed by atoms with Crippen LogP contribution in [-0.2, 0) is 10.4 Å². The van der Waals surface area contributed by atoms with Crippen molar-refractivity contribution in [1.29, 1.82) is 0 Å². The minimum atomic E-state index is -1.37. The van der Waals surface area contributed by atoms with Crippen molar-refractivity contribution in [2.75, 3.05) is 26.7 Å². The van der Waals surface area contributed by atoms with E-state index in [1.54, 1.807) is 4.90 Å². The number of hydrogen-bond acceptors (Lipinski definition) is 3. The lowest BCUT2D eigenvalue weighted by Crippen LogP contribution is -2.50. The summed E-state index contributed by atoms with van der Waals surface area (Å²) in [5.74, 6) is 2.01. The number of piperidine rings is 1. The fourth-order valence-corrected chi connectivity index (χ4v) is 5.08. The van der Waals surface area contributed by atoms with Gasteiger partial charge in [-0.15, -0.1) is 0 Å². The summed E-state index contributed by atoms with van der Waals surface area (Å²) in [7, 11) is 1.87. The number of fused-ring (bicyclic) bond motifs is 1. The molecule has 24 heavy (non-hydrogen) atoms. The van der Waals surface area contributed by atoms with Gasteiger partial charge in [-0.25, -0.2) is 0 Å². The number of nitrogens with zero attached hydrogens (tertiary/aromatic N) is 1. The summed E-state index contributed by atoms with van der Waals surface area (Å²) >= 11 is 0. The molecule has 0 bridgehead atoms. The summed E-state index contributed by atoms with van der Waals surface area (Å²) in [6.45, 7) is 2.95. The topological polar surface area (TPSA) is 52.6 Å². The highest BCUT2D eigenvalue weighted by Crippen LogP contribution is 2.49. The summed E-state index contributed by atoms with van der Waals surface area (Å²) in [6, 6.07) is 9.57. The lowest BCUT2D eigenvalue weighted by molar-refractivity contribution is -0.158. The monoisotopic (exact) mass is 328 g/mol. The first-order valence-corrected chi connectivity index (χ1v) is 9.36. The average molecular weight is 328 g/mol. The van der Waals surface area contributed by atoms with Gasteiger partial charge < -0.3 is 15.3 Å². The highest BCUT2D eigenvalue weighted by atomic mass is 16.3. The molecule has 1 saturated heterocycles. The molecule has 1 heterocycles. The third-order valence-corrected chi connectivity index (χ3v) is 6.59. The summed E-state index contributed by atoms with van der Waals surface area (Å²) in [5.41, 5.74) is -0.610. The second-order valence-corrected chi connectivity index (χ2v) is 7.95. The number of likely N-dealkylation sites (N-methyl/N-ethyl adjacent to an activating group) is 1. The van der Waals surface area contributed by atoms with Crippen LogP contribution >= 0.6 is 0 Å². The van der Waals surface area contributed by atoms with Crippen LogP contribution in [0.3, 0.4) is 0 Å². The molecular weight excluding hydrogens is 300 g/mol. The van der Waals surface area contributed by atoms with E-state index < -0.39 is 5.60 Å². The number of nitrogens with one attached hydrogen (secondary N) is 1. The van der Waals surface area contributed by atoms with E-state index in [0.717, 1.165) is 62.7 Å². The predicted molar refractivity (Wildman–Crippen MR) is 93.3 cm³/mol. The highest BCUT2D eigenvalue weighted by molar-refractivity contribution is 5.86. The van der Waals surface area contributed by atoms with Crippen LogP contribution in [0.15, 0.2) is 30.3 Å². The Hall–Kier alpha value is -1.39. The first-order valence-electron chi connectivity index (χ1n) is 9.36. The molecule has 3 fully saturated rings. The van der Waals surface area contributed by atoms with Crippen molar-refractivity contribution >= 4 is 5.91 Å². The molecule has 3 aliphatic rings. The Morgan fingerprint density at radius 3 is 2.46 bits per heavy atom. The molecule has 0 radical (unpaired) electrons. The molecule has 3 atom stereocenters. The number of aliphatic hydroxyl groups is 1. The van der Waals surface area contributed by atoms with Crippen molar-refractivity contribution in [3.05, 3.63) is 35.9 Å². The van der Waals surface area contributed by atoms with E-state index in [-0.39, 0.29) is 11.8 Å². The Labute approximate surface area is 144 Å². The number of amides is 1. The van der Waals surface area contributed by atoms with Crippen LogP contribution in [0.1, 0.15) is 31.2 Å². The molecule has 4 heteroatoms. The molecule has 1 amide bonds. The van der Waals surface area contributed by atoms with Crippen LogP contribution in [-0.4, -0.2) is 42.6 Å². The van der Waals surface area contributed by atoms with E-state index >= 15 is 0 Å². The van der Waals surface area contributed by atoms with E-state index in [9.17, 15) is 9.90 Å². The minimum Gasteiger partial charge on any atom is -0.375 e. The lowest BCUT2D eigenvalue weighted by Gasteiger charge is -2.36.